The van der Waals surface area contributed by atoms with Crippen LogP contribution in [0.2, 0.25) is 0 Å². The van der Waals surface area contributed by atoms with Crippen LogP contribution in [0.4, 0.5) is 11.5 Å². The summed E-state index contributed by atoms with van der Waals surface area (Å²) in [6.45, 7) is 3.96. The second-order valence-corrected chi connectivity index (χ2v) is 5.93. The van der Waals surface area contributed by atoms with Gasteiger partial charge in [0.15, 0.2) is 0 Å². The van der Waals surface area contributed by atoms with Crippen LogP contribution in [-0.2, 0) is 4.79 Å². The summed E-state index contributed by atoms with van der Waals surface area (Å²) in [5.74, 6) is 0.946. The number of pyridine rings is 1. The van der Waals surface area contributed by atoms with Gasteiger partial charge >= 0.3 is 0 Å². The minimum atomic E-state index is -0.195. The molecule has 1 aromatic heterocycles. The van der Waals surface area contributed by atoms with Gasteiger partial charge in [-0.2, -0.15) is 0 Å². The van der Waals surface area contributed by atoms with Gasteiger partial charge in [0.25, 0.3) is 0 Å². The van der Waals surface area contributed by atoms with Gasteiger partial charge in [-0.05, 0) is 38.3 Å². The Morgan fingerprint density at radius 2 is 2.11 bits per heavy atom. The Morgan fingerprint density at radius 3 is 2.67 bits per heavy atom. The Kier molecular flexibility index (Phi) is 4.58. The maximum Gasteiger partial charge on any atom is 0.237 e. The van der Waals surface area contributed by atoms with Gasteiger partial charge in [0.1, 0.15) is 5.82 Å². The normalized spacial score (nSPS) is 17.3. The van der Waals surface area contributed by atoms with Crippen molar-refractivity contribution in [3.63, 3.8) is 0 Å². The lowest BCUT2D eigenvalue weighted by Gasteiger charge is -2.27. The average molecular weight is 312 g/mol. The minimum absolute atomic E-state index is 0.0532. The maximum atomic E-state index is 11.5. The van der Waals surface area contributed by atoms with Crippen molar-refractivity contribution in [2.75, 3.05) is 23.3 Å². The SMILES string of the molecule is CC(Br)C(=O)Nc1ccc(N2CCCCC2)nc1. The number of carbonyl (C=O) groups excluding carboxylic acids is 1. The standard InChI is InChI=1S/C13H18BrN3O/c1-10(14)13(18)16-11-5-6-12(15-9-11)17-7-3-2-4-8-17/h5-6,9-10H,2-4,7-8H2,1H3,(H,16,18). The molecule has 0 bridgehead atoms. The molecule has 0 radical (unpaired) electrons. The lowest BCUT2D eigenvalue weighted by molar-refractivity contribution is -0.115. The smallest absolute Gasteiger partial charge is 0.237 e. The van der Waals surface area contributed by atoms with Crippen molar-refractivity contribution in [2.24, 2.45) is 0 Å². The Hall–Kier alpha value is -1.10. The Morgan fingerprint density at radius 1 is 1.39 bits per heavy atom. The quantitative estimate of drug-likeness (QED) is 0.873. The van der Waals surface area contributed by atoms with Crippen LogP contribution in [0.5, 0.6) is 0 Å². The molecule has 0 aromatic carbocycles. The molecule has 5 heteroatoms. The molecule has 1 unspecified atom stereocenters. The molecule has 2 heterocycles. The molecule has 4 nitrogen and oxygen atoms in total. The number of piperidine rings is 1. The number of alkyl halides is 1. The van der Waals surface area contributed by atoms with Crippen molar-refractivity contribution in [2.45, 2.75) is 31.0 Å². The van der Waals surface area contributed by atoms with Crippen molar-refractivity contribution >= 4 is 33.3 Å². The first-order valence-electron chi connectivity index (χ1n) is 6.33. The first kappa shape index (κ1) is 13.3. The minimum Gasteiger partial charge on any atom is -0.357 e. The van der Waals surface area contributed by atoms with E-state index in [4.69, 9.17) is 0 Å². The van der Waals surface area contributed by atoms with E-state index in [1.807, 2.05) is 12.1 Å². The summed E-state index contributed by atoms with van der Waals surface area (Å²) in [7, 11) is 0. The van der Waals surface area contributed by atoms with E-state index in [-0.39, 0.29) is 10.7 Å². The van der Waals surface area contributed by atoms with Gasteiger partial charge in [0.2, 0.25) is 5.91 Å². The van der Waals surface area contributed by atoms with Crippen LogP contribution in [-0.4, -0.2) is 28.8 Å². The van der Waals surface area contributed by atoms with Gasteiger partial charge in [-0.3, -0.25) is 4.79 Å². The van der Waals surface area contributed by atoms with E-state index in [1.54, 1.807) is 13.1 Å². The van der Waals surface area contributed by atoms with Crippen LogP contribution < -0.4 is 10.2 Å². The zero-order valence-electron chi connectivity index (χ0n) is 10.5. The molecule has 1 N–H and O–H groups in total. The highest BCUT2D eigenvalue weighted by Crippen LogP contribution is 2.19. The highest BCUT2D eigenvalue weighted by Gasteiger charge is 2.12. The summed E-state index contributed by atoms with van der Waals surface area (Å²) >= 11 is 3.23. The van der Waals surface area contributed by atoms with Crippen LogP contribution >= 0.6 is 15.9 Å². The molecular weight excluding hydrogens is 294 g/mol. The van der Waals surface area contributed by atoms with Gasteiger partial charge in [-0.1, -0.05) is 15.9 Å². The molecule has 0 saturated carbocycles. The van der Waals surface area contributed by atoms with Crippen molar-refractivity contribution in [3.8, 4) is 0 Å². The van der Waals surface area contributed by atoms with Crippen LogP contribution in [0.1, 0.15) is 26.2 Å². The topological polar surface area (TPSA) is 45.2 Å². The number of hydrogen-bond acceptors (Lipinski definition) is 3. The van der Waals surface area contributed by atoms with Crippen LogP contribution in [0.15, 0.2) is 18.3 Å². The number of rotatable bonds is 3. The molecule has 0 spiro atoms. The molecule has 1 fully saturated rings. The van der Waals surface area contributed by atoms with Gasteiger partial charge in [0, 0.05) is 13.1 Å². The summed E-state index contributed by atoms with van der Waals surface area (Å²) in [6.07, 6.45) is 5.51. The number of aromatic nitrogens is 1. The van der Waals surface area contributed by atoms with E-state index in [0.717, 1.165) is 24.6 Å². The van der Waals surface area contributed by atoms with E-state index in [0.29, 0.717) is 0 Å². The van der Waals surface area contributed by atoms with Gasteiger partial charge in [-0.25, -0.2) is 4.98 Å². The number of carbonyl (C=O) groups is 1. The second kappa shape index (κ2) is 6.18. The van der Waals surface area contributed by atoms with Crippen molar-refractivity contribution in [1.29, 1.82) is 0 Å². The van der Waals surface area contributed by atoms with E-state index < -0.39 is 0 Å². The number of hydrogen-bond donors (Lipinski definition) is 1. The van der Waals surface area contributed by atoms with Gasteiger partial charge < -0.3 is 10.2 Å². The molecule has 1 aromatic rings. The number of nitrogens with zero attached hydrogens (tertiary/aromatic N) is 2. The summed E-state index contributed by atoms with van der Waals surface area (Å²) in [5.41, 5.74) is 0.743. The zero-order chi connectivity index (χ0) is 13.0. The fraction of sp³-hybridized carbons (Fsp3) is 0.538. The molecule has 18 heavy (non-hydrogen) atoms. The van der Waals surface area contributed by atoms with Crippen LogP contribution in [0.25, 0.3) is 0 Å². The second-order valence-electron chi connectivity index (χ2n) is 4.56. The molecule has 1 saturated heterocycles. The fourth-order valence-corrected chi connectivity index (χ4v) is 2.13. The Balaban J connectivity index is 1.98. The first-order valence-corrected chi connectivity index (χ1v) is 7.24. The molecular formula is C13H18BrN3O. The van der Waals surface area contributed by atoms with Crippen molar-refractivity contribution in [3.05, 3.63) is 18.3 Å². The average Bonchev–Trinajstić information content (AvgIpc) is 2.40. The molecule has 1 aliphatic rings. The van der Waals surface area contributed by atoms with Crippen molar-refractivity contribution in [1.82, 2.24) is 4.98 Å². The van der Waals surface area contributed by atoms with E-state index in [9.17, 15) is 4.79 Å². The third-order valence-corrected chi connectivity index (χ3v) is 3.47. The van der Waals surface area contributed by atoms with Crippen LogP contribution in [0.3, 0.4) is 0 Å². The monoisotopic (exact) mass is 311 g/mol. The maximum absolute atomic E-state index is 11.5. The highest BCUT2D eigenvalue weighted by atomic mass is 79.9. The Labute approximate surface area is 116 Å². The number of amides is 1. The number of nitrogens with one attached hydrogen (secondary N) is 1. The van der Waals surface area contributed by atoms with Gasteiger partial charge in [-0.15, -0.1) is 0 Å². The molecule has 0 aliphatic carbocycles. The predicted molar refractivity (Wildman–Crippen MR) is 77.3 cm³/mol. The van der Waals surface area contributed by atoms with E-state index in [2.05, 4.69) is 31.1 Å². The summed E-state index contributed by atoms with van der Waals surface area (Å²) in [4.78, 5) is 18.0. The Bertz CT molecular complexity index is 399. The molecule has 2 rings (SSSR count). The largest absolute Gasteiger partial charge is 0.357 e. The predicted octanol–water partition coefficient (Wildman–Crippen LogP) is 2.79. The zero-order valence-corrected chi connectivity index (χ0v) is 12.1. The molecule has 1 amide bonds. The lowest BCUT2D eigenvalue weighted by atomic mass is 10.1. The molecule has 1 atom stereocenters. The molecule has 1 aliphatic heterocycles. The highest BCUT2D eigenvalue weighted by molar-refractivity contribution is 9.10. The third kappa shape index (κ3) is 3.45. The summed E-state index contributed by atoms with van der Waals surface area (Å²) < 4.78 is 0. The van der Waals surface area contributed by atoms with Gasteiger partial charge in [0.05, 0.1) is 16.7 Å². The van der Waals surface area contributed by atoms with Crippen molar-refractivity contribution < 1.29 is 4.79 Å². The first-order chi connectivity index (χ1) is 8.66. The fourth-order valence-electron chi connectivity index (χ4n) is 2.01. The summed E-state index contributed by atoms with van der Waals surface area (Å²) in [6, 6.07) is 3.88. The number of anilines is 2. The van der Waals surface area contributed by atoms with Crippen LogP contribution in [0, 0.1) is 0 Å². The lowest BCUT2D eigenvalue weighted by Crippen LogP contribution is -2.30. The van der Waals surface area contributed by atoms with E-state index in [1.165, 1.54) is 19.3 Å². The van der Waals surface area contributed by atoms with E-state index >= 15 is 0 Å². The number of halogens is 1. The molecule has 98 valence electrons. The summed E-state index contributed by atoms with van der Waals surface area (Å²) in [5, 5.41) is 2.80. The third-order valence-electron chi connectivity index (χ3n) is 3.06.